The number of carboxylic acid groups (broad SMARTS) is 1. The first-order valence-corrected chi connectivity index (χ1v) is 12.1. The maximum Gasteiger partial charge on any atom is 0.311 e. The summed E-state index contributed by atoms with van der Waals surface area (Å²) in [4.78, 5) is 27.7. The lowest BCUT2D eigenvalue weighted by atomic mass is 9.82. The van der Waals surface area contributed by atoms with Crippen LogP contribution in [-0.4, -0.2) is 71.5 Å². The fraction of sp³-hybridized carbons (Fsp3) is 0.480. The van der Waals surface area contributed by atoms with Crippen molar-refractivity contribution in [2.75, 3.05) is 19.7 Å². The Morgan fingerprint density at radius 2 is 1.94 bits per heavy atom. The third-order valence-corrected chi connectivity index (χ3v) is 7.27. The van der Waals surface area contributed by atoms with E-state index in [4.69, 9.17) is 5.10 Å². The minimum Gasteiger partial charge on any atom is -0.481 e. The first-order valence-electron chi connectivity index (χ1n) is 12.1. The van der Waals surface area contributed by atoms with Crippen LogP contribution in [0.5, 0.6) is 0 Å². The molecule has 2 atom stereocenters. The average molecular weight is 479 g/mol. The van der Waals surface area contributed by atoms with Gasteiger partial charge in [0.2, 0.25) is 0 Å². The largest absolute Gasteiger partial charge is 0.481 e. The van der Waals surface area contributed by atoms with Gasteiger partial charge in [0.15, 0.2) is 5.69 Å². The Morgan fingerprint density at radius 3 is 2.69 bits per heavy atom. The average Bonchev–Trinajstić information content (AvgIpc) is 3.62. The van der Waals surface area contributed by atoms with Gasteiger partial charge in [0.1, 0.15) is 0 Å². The normalized spacial score (nSPS) is 20.6. The summed E-state index contributed by atoms with van der Waals surface area (Å²) >= 11 is 0. The van der Waals surface area contributed by atoms with Crippen LogP contribution in [0.2, 0.25) is 0 Å². The zero-order valence-corrected chi connectivity index (χ0v) is 19.8. The van der Waals surface area contributed by atoms with E-state index in [0.29, 0.717) is 24.4 Å². The lowest BCUT2D eigenvalue weighted by Crippen LogP contribution is -2.39. The van der Waals surface area contributed by atoms with E-state index >= 15 is 0 Å². The van der Waals surface area contributed by atoms with Gasteiger partial charge in [0.05, 0.1) is 29.4 Å². The number of para-hydroxylation sites is 1. The van der Waals surface area contributed by atoms with Crippen molar-refractivity contribution < 1.29 is 19.8 Å². The van der Waals surface area contributed by atoms with Crippen LogP contribution in [0.4, 0.5) is 0 Å². The van der Waals surface area contributed by atoms with Gasteiger partial charge in [0.25, 0.3) is 5.91 Å². The predicted molar refractivity (Wildman–Crippen MR) is 126 cm³/mol. The van der Waals surface area contributed by atoms with Gasteiger partial charge in [-0.2, -0.15) is 5.10 Å². The van der Waals surface area contributed by atoms with Crippen molar-refractivity contribution in [1.82, 2.24) is 29.7 Å². The van der Waals surface area contributed by atoms with Gasteiger partial charge in [-0.05, 0) is 51.2 Å². The Balaban J connectivity index is 1.41. The molecule has 35 heavy (non-hydrogen) atoms. The number of likely N-dealkylation sites (tertiary alicyclic amines) is 1. The molecule has 2 N–H and O–H groups in total. The highest BCUT2D eigenvalue weighted by molar-refractivity contribution is 5.95. The molecule has 0 bridgehead atoms. The molecule has 10 nitrogen and oxygen atoms in total. The molecule has 1 aliphatic heterocycles. The van der Waals surface area contributed by atoms with Gasteiger partial charge in [-0.25, -0.2) is 9.36 Å². The van der Waals surface area contributed by atoms with Gasteiger partial charge in [-0.3, -0.25) is 9.59 Å². The number of benzene rings is 1. The van der Waals surface area contributed by atoms with Crippen molar-refractivity contribution in [2.24, 2.45) is 5.41 Å². The predicted octanol–water partition coefficient (Wildman–Crippen LogP) is 2.06. The van der Waals surface area contributed by atoms with E-state index in [9.17, 15) is 19.8 Å². The van der Waals surface area contributed by atoms with Crippen LogP contribution in [0.15, 0.2) is 36.5 Å². The molecule has 1 amide bonds. The molecule has 1 saturated heterocycles. The zero-order chi connectivity index (χ0) is 24.6. The monoisotopic (exact) mass is 478 g/mol. The standard InChI is InChI=1S/C25H30N6O4/c1-17(15-32)30-14-18(26-28-30)13-25(24(34)35)11-12-29(16-25)23(33)22-20-9-5-6-10-21(20)31(27-22)19-7-3-2-4-8-19/h2-4,7-8,14,17,32H,5-6,9-13,15-16H2,1H3,(H,34,35)/t17-,25?/m0/s1. The van der Waals surface area contributed by atoms with Gasteiger partial charge in [0, 0.05) is 37.0 Å². The van der Waals surface area contributed by atoms with Gasteiger partial charge in [-0.15, -0.1) is 5.10 Å². The third kappa shape index (κ3) is 4.22. The fourth-order valence-electron chi connectivity index (χ4n) is 5.18. The van der Waals surface area contributed by atoms with Crippen LogP contribution in [0.3, 0.4) is 0 Å². The van der Waals surface area contributed by atoms with E-state index < -0.39 is 11.4 Å². The number of amides is 1. The number of aliphatic hydroxyl groups excluding tert-OH is 1. The highest BCUT2D eigenvalue weighted by Gasteiger charge is 2.47. The van der Waals surface area contributed by atoms with Gasteiger partial charge >= 0.3 is 5.97 Å². The van der Waals surface area contributed by atoms with E-state index in [1.165, 1.54) is 4.68 Å². The minimum absolute atomic E-state index is 0.0882. The SMILES string of the molecule is C[C@@H](CO)n1cc(CC2(C(=O)O)CCN(C(=O)c3nn(-c4ccccc4)c4c3CCCC4)C2)nn1. The van der Waals surface area contributed by atoms with Gasteiger partial charge < -0.3 is 15.1 Å². The molecule has 184 valence electrons. The molecular weight excluding hydrogens is 448 g/mol. The fourth-order valence-corrected chi connectivity index (χ4v) is 5.18. The number of carboxylic acids is 1. The van der Waals surface area contributed by atoms with Crippen LogP contribution < -0.4 is 0 Å². The molecule has 2 aliphatic rings. The van der Waals surface area contributed by atoms with Gasteiger partial charge in [-0.1, -0.05) is 23.4 Å². The molecule has 10 heteroatoms. The summed E-state index contributed by atoms with van der Waals surface area (Å²) in [5.41, 5.74) is 2.82. The van der Waals surface area contributed by atoms with Crippen molar-refractivity contribution in [3.63, 3.8) is 0 Å². The topological polar surface area (TPSA) is 126 Å². The highest BCUT2D eigenvalue weighted by Crippen LogP contribution is 2.36. The maximum atomic E-state index is 13.7. The highest BCUT2D eigenvalue weighted by atomic mass is 16.4. The Bertz CT molecular complexity index is 1240. The lowest BCUT2D eigenvalue weighted by molar-refractivity contribution is -0.148. The smallest absolute Gasteiger partial charge is 0.311 e. The summed E-state index contributed by atoms with van der Waals surface area (Å²) in [5.74, 6) is -1.16. The number of hydrogen-bond donors (Lipinski definition) is 2. The quantitative estimate of drug-likeness (QED) is 0.532. The molecule has 3 aromatic rings. The molecule has 0 spiro atoms. The van der Waals surface area contributed by atoms with E-state index in [0.717, 1.165) is 42.6 Å². The van der Waals surface area contributed by atoms with Crippen LogP contribution in [0.1, 0.15) is 59.7 Å². The van der Waals surface area contributed by atoms with Crippen molar-refractivity contribution in [3.8, 4) is 5.69 Å². The molecule has 1 aliphatic carbocycles. The summed E-state index contributed by atoms with van der Waals surface area (Å²) in [7, 11) is 0. The number of rotatable bonds is 7. The number of hydrogen-bond acceptors (Lipinski definition) is 6. The molecule has 1 aromatic carbocycles. The first-order chi connectivity index (χ1) is 16.9. The third-order valence-electron chi connectivity index (χ3n) is 7.27. The van der Waals surface area contributed by atoms with Crippen LogP contribution in [0.25, 0.3) is 5.69 Å². The number of carbonyl (C=O) groups is 2. The lowest BCUT2D eigenvalue weighted by Gasteiger charge is -2.24. The number of aliphatic hydroxyl groups is 1. The number of aromatic nitrogens is 5. The molecule has 0 saturated carbocycles. The number of aliphatic carboxylic acids is 1. The number of fused-ring (bicyclic) bond motifs is 1. The zero-order valence-electron chi connectivity index (χ0n) is 19.8. The van der Waals surface area contributed by atoms with Crippen molar-refractivity contribution in [2.45, 2.75) is 51.5 Å². The second kappa shape index (κ2) is 9.26. The van der Waals surface area contributed by atoms with E-state index in [-0.39, 0.29) is 31.5 Å². The molecule has 1 unspecified atom stereocenters. The Hall–Kier alpha value is -3.53. The molecule has 1 fully saturated rings. The van der Waals surface area contributed by atoms with E-state index in [1.54, 1.807) is 18.0 Å². The van der Waals surface area contributed by atoms with E-state index in [2.05, 4.69) is 10.3 Å². The summed E-state index contributed by atoms with van der Waals surface area (Å²) in [6.07, 6.45) is 5.90. The number of carbonyl (C=O) groups excluding carboxylic acids is 1. The Morgan fingerprint density at radius 1 is 1.17 bits per heavy atom. The molecule has 5 rings (SSSR count). The minimum atomic E-state index is -1.14. The first kappa shape index (κ1) is 23.2. The van der Waals surface area contributed by atoms with E-state index in [1.807, 2.05) is 35.0 Å². The van der Waals surface area contributed by atoms with Crippen molar-refractivity contribution in [1.29, 1.82) is 0 Å². The van der Waals surface area contributed by atoms with Crippen LogP contribution in [-0.2, 0) is 24.1 Å². The summed E-state index contributed by atoms with van der Waals surface area (Å²) in [6.45, 7) is 2.15. The Labute approximate surface area is 203 Å². The Kier molecular flexibility index (Phi) is 6.14. The second-order valence-electron chi connectivity index (χ2n) is 9.69. The summed E-state index contributed by atoms with van der Waals surface area (Å²) in [6, 6.07) is 9.56. The number of nitrogens with zero attached hydrogens (tertiary/aromatic N) is 6. The second-order valence-corrected chi connectivity index (χ2v) is 9.69. The molecular formula is C25H30N6O4. The van der Waals surface area contributed by atoms with Crippen LogP contribution >= 0.6 is 0 Å². The van der Waals surface area contributed by atoms with Crippen molar-refractivity contribution >= 4 is 11.9 Å². The maximum absolute atomic E-state index is 13.7. The summed E-state index contributed by atoms with van der Waals surface area (Å²) < 4.78 is 3.41. The molecule has 3 heterocycles. The molecule has 2 aromatic heterocycles. The molecule has 0 radical (unpaired) electrons. The van der Waals surface area contributed by atoms with Crippen LogP contribution in [0, 0.1) is 5.41 Å². The van der Waals surface area contributed by atoms with Crippen molar-refractivity contribution in [3.05, 3.63) is 59.2 Å². The summed E-state index contributed by atoms with van der Waals surface area (Å²) in [5, 5.41) is 32.4.